The Balaban J connectivity index is 2.27. The maximum atomic E-state index is 5.58. The minimum Gasteiger partial charge on any atom is -0.372 e. The number of methoxy groups -OCH3 is 1. The molecule has 2 heteroatoms. The van der Waals surface area contributed by atoms with Gasteiger partial charge in [-0.25, -0.2) is 0 Å². The number of aromatic nitrogens is 1. The van der Waals surface area contributed by atoms with Crippen LogP contribution in [0.3, 0.4) is 0 Å². The highest BCUT2D eigenvalue weighted by Gasteiger charge is 2.47. The maximum absolute atomic E-state index is 5.58. The van der Waals surface area contributed by atoms with Crippen LogP contribution in [0.5, 0.6) is 0 Å². The molecule has 1 aliphatic carbocycles. The van der Waals surface area contributed by atoms with E-state index in [0.29, 0.717) is 0 Å². The van der Waals surface area contributed by atoms with Gasteiger partial charge in [-0.1, -0.05) is 24.3 Å². The van der Waals surface area contributed by atoms with E-state index in [9.17, 15) is 0 Å². The fourth-order valence-electron chi connectivity index (χ4n) is 2.13. The van der Waals surface area contributed by atoms with E-state index in [1.165, 1.54) is 10.8 Å². The number of hydrogen-bond donors (Lipinski definition) is 0. The number of ether oxygens (including phenoxy) is 1. The SMILES string of the molecule is COC1(c2nccc3ccccc23)CC1. The van der Waals surface area contributed by atoms with Crippen LogP contribution < -0.4 is 0 Å². The number of rotatable bonds is 2. The number of nitrogens with zero attached hydrogens (tertiary/aromatic N) is 1. The van der Waals surface area contributed by atoms with Crippen molar-refractivity contribution in [3.05, 3.63) is 42.2 Å². The van der Waals surface area contributed by atoms with Crippen LogP contribution >= 0.6 is 0 Å². The monoisotopic (exact) mass is 199 g/mol. The second-order valence-electron chi connectivity index (χ2n) is 4.08. The fraction of sp³-hybridized carbons (Fsp3) is 0.308. The minimum absolute atomic E-state index is 0.0964. The van der Waals surface area contributed by atoms with Crippen molar-refractivity contribution in [2.24, 2.45) is 0 Å². The molecule has 0 spiro atoms. The van der Waals surface area contributed by atoms with Gasteiger partial charge < -0.3 is 4.74 Å². The van der Waals surface area contributed by atoms with Crippen molar-refractivity contribution >= 4 is 10.8 Å². The molecule has 15 heavy (non-hydrogen) atoms. The topological polar surface area (TPSA) is 22.1 Å². The lowest BCUT2D eigenvalue weighted by atomic mass is 10.1. The summed E-state index contributed by atoms with van der Waals surface area (Å²) >= 11 is 0. The van der Waals surface area contributed by atoms with Crippen molar-refractivity contribution in [2.45, 2.75) is 18.4 Å². The zero-order valence-electron chi connectivity index (χ0n) is 8.73. The van der Waals surface area contributed by atoms with Gasteiger partial charge in [-0.3, -0.25) is 4.98 Å². The second-order valence-corrected chi connectivity index (χ2v) is 4.08. The van der Waals surface area contributed by atoms with E-state index in [1.54, 1.807) is 7.11 Å². The van der Waals surface area contributed by atoms with Crippen molar-refractivity contribution in [3.8, 4) is 0 Å². The summed E-state index contributed by atoms with van der Waals surface area (Å²) in [6.07, 6.45) is 4.05. The summed E-state index contributed by atoms with van der Waals surface area (Å²) in [6.45, 7) is 0. The van der Waals surface area contributed by atoms with Crippen LogP contribution in [0.4, 0.5) is 0 Å². The highest BCUT2D eigenvalue weighted by atomic mass is 16.5. The molecule has 0 aliphatic heterocycles. The molecule has 1 heterocycles. The van der Waals surface area contributed by atoms with Gasteiger partial charge in [0.25, 0.3) is 0 Å². The standard InChI is InChI=1S/C13H13NO/c1-15-13(7-8-13)12-11-5-3-2-4-10(11)6-9-14-12/h2-6,9H,7-8H2,1H3. The lowest BCUT2D eigenvalue weighted by Crippen LogP contribution is -2.11. The third kappa shape index (κ3) is 1.25. The average molecular weight is 199 g/mol. The molecule has 0 radical (unpaired) electrons. The molecule has 76 valence electrons. The Labute approximate surface area is 88.9 Å². The summed E-state index contributed by atoms with van der Waals surface area (Å²) in [7, 11) is 1.77. The van der Waals surface area contributed by atoms with Crippen LogP contribution in [0, 0.1) is 0 Å². The Morgan fingerprint density at radius 3 is 2.73 bits per heavy atom. The zero-order valence-corrected chi connectivity index (χ0v) is 8.73. The molecule has 0 unspecified atom stereocenters. The Bertz CT molecular complexity index is 497. The molecule has 3 rings (SSSR count). The molecule has 0 bridgehead atoms. The zero-order chi connectivity index (χ0) is 10.3. The van der Waals surface area contributed by atoms with Gasteiger partial charge in [0.1, 0.15) is 5.60 Å². The first-order valence-corrected chi connectivity index (χ1v) is 5.25. The quantitative estimate of drug-likeness (QED) is 0.742. The predicted octanol–water partition coefficient (Wildman–Crippen LogP) is 2.87. The summed E-state index contributed by atoms with van der Waals surface area (Å²) in [5.74, 6) is 0. The molecule has 0 atom stereocenters. The van der Waals surface area contributed by atoms with Crippen molar-refractivity contribution in [2.75, 3.05) is 7.11 Å². The van der Waals surface area contributed by atoms with Gasteiger partial charge in [0.2, 0.25) is 0 Å². The average Bonchev–Trinajstić information content (AvgIpc) is 3.09. The summed E-state index contributed by atoms with van der Waals surface area (Å²) in [4.78, 5) is 4.49. The van der Waals surface area contributed by atoms with Crippen molar-refractivity contribution in [1.82, 2.24) is 4.98 Å². The summed E-state index contributed by atoms with van der Waals surface area (Å²) in [5, 5.41) is 2.46. The molecule has 1 aliphatic rings. The summed E-state index contributed by atoms with van der Waals surface area (Å²) in [5.41, 5.74) is 1.00. The van der Waals surface area contributed by atoms with Gasteiger partial charge in [-0.15, -0.1) is 0 Å². The van der Waals surface area contributed by atoms with Crippen LogP contribution in [-0.4, -0.2) is 12.1 Å². The molecule has 1 aromatic carbocycles. The van der Waals surface area contributed by atoms with Gasteiger partial charge in [-0.05, 0) is 24.3 Å². The smallest absolute Gasteiger partial charge is 0.110 e. The summed E-state index contributed by atoms with van der Waals surface area (Å²) in [6, 6.07) is 10.4. The molecular formula is C13H13NO. The van der Waals surface area contributed by atoms with Gasteiger partial charge in [0.05, 0.1) is 5.69 Å². The van der Waals surface area contributed by atoms with Crippen LogP contribution in [0.2, 0.25) is 0 Å². The Kier molecular flexibility index (Phi) is 1.80. The fourth-order valence-corrected chi connectivity index (χ4v) is 2.13. The van der Waals surface area contributed by atoms with Crippen LogP contribution in [-0.2, 0) is 10.3 Å². The van der Waals surface area contributed by atoms with Crippen LogP contribution in [0.25, 0.3) is 10.8 Å². The van der Waals surface area contributed by atoms with Crippen LogP contribution in [0.15, 0.2) is 36.5 Å². The van der Waals surface area contributed by atoms with E-state index in [0.717, 1.165) is 18.5 Å². The third-order valence-corrected chi connectivity index (χ3v) is 3.20. The van der Waals surface area contributed by atoms with E-state index < -0.39 is 0 Å². The molecule has 1 fully saturated rings. The first-order valence-electron chi connectivity index (χ1n) is 5.25. The lowest BCUT2D eigenvalue weighted by Gasteiger charge is -2.14. The van der Waals surface area contributed by atoms with E-state index in [4.69, 9.17) is 4.74 Å². The van der Waals surface area contributed by atoms with Crippen LogP contribution in [0.1, 0.15) is 18.5 Å². The lowest BCUT2D eigenvalue weighted by molar-refractivity contribution is 0.0766. The number of pyridine rings is 1. The van der Waals surface area contributed by atoms with Gasteiger partial charge in [0, 0.05) is 18.7 Å². The summed E-state index contributed by atoms with van der Waals surface area (Å²) < 4.78 is 5.58. The molecule has 1 aromatic heterocycles. The Morgan fingerprint density at radius 1 is 1.20 bits per heavy atom. The van der Waals surface area contributed by atoms with Crippen molar-refractivity contribution in [3.63, 3.8) is 0 Å². The third-order valence-electron chi connectivity index (χ3n) is 3.20. The van der Waals surface area contributed by atoms with Gasteiger partial charge in [0.15, 0.2) is 0 Å². The second kappa shape index (κ2) is 3.04. The number of fused-ring (bicyclic) bond motifs is 1. The van der Waals surface area contributed by atoms with Gasteiger partial charge in [-0.2, -0.15) is 0 Å². The number of benzene rings is 1. The van der Waals surface area contributed by atoms with E-state index in [1.807, 2.05) is 12.3 Å². The van der Waals surface area contributed by atoms with E-state index in [2.05, 4.69) is 29.2 Å². The normalized spacial score (nSPS) is 17.9. The number of hydrogen-bond acceptors (Lipinski definition) is 2. The van der Waals surface area contributed by atoms with Crippen molar-refractivity contribution in [1.29, 1.82) is 0 Å². The first kappa shape index (κ1) is 8.86. The maximum Gasteiger partial charge on any atom is 0.110 e. The molecule has 0 amide bonds. The molecule has 0 N–H and O–H groups in total. The highest BCUT2D eigenvalue weighted by Crippen LogP contribution is 2.49. The molecule has 2 nitrogen and oxygen atoms in total. The highest BCUT2D eigenvalue weighted by molar-refractivity contribution is 5.85. The molecule has 2 aromatic rings. The molecule has 1 saturated carbocycles. The molecule has 0 saturated heterocycles. The Hall–Kier alpha value is -1.41. The van der Waals surface area contributed by atoms with E-state index in [-0.39, 0.29) is 5.60 Å². The molecular weight excluding hydrogens is 186 g/mol. The van der Waals surface area contributed by atoms with Crippen molar-refractivity contribution < 1.29 is 4.74 Å². The largest absolute Gasteiger partial charge is 0.372 e. The predicted molar refractivity (Wildman–Crippen MR) is 59.7 cm³/mol. The first-order chi connectivity index (χ1) is 7.36. The van der Waals surface area contributed by atoms with E-state index >= 15 is 0 Å². The Morgan fingerprint density at radius 2 is 2.00 bits per heavy atom. The minimum atomic E-state index is -0.0964. The van der Waals surface area contributed by atoms with Gasteiger partial charge >= 0.3 is 0 Å².